The summed E-state index contributed by atoms with van der Waals surface area (Å²) >= 11 is 0. The molecule has 106 valence electrons. The largest absolute Gasteiger partial charge is 0.330 e. The summed E-state index contributed by atoms with van der Waals surface area (Å²) < 4.78 is 0. The van der Waals surface area contributed by atoms with Crippen LogP contribution in [0.25, 0.3) is 0 Å². The minimum atomic E-state index is 0.521. The van der Waals surface area contributed by atoms with Gasteiger partial charge in [-0.2, -0.15) is 0 Å². The predicted molar refractivity (Wildman–Crippen MR) is 86.9 cm³/mol. The van der Waals surface area contributed by atoms with E-state index in [1.807, 2.05) is 0 Å². The van der Waals surface area contributed by atoms with E-state index in [9.17, 15) is 0 Å². The van der Waals surface area contributed by atoms with Crippen LogP contribution in [0.15, 0.2) is 60.7 Å². The minimum absolute atomic E-state index is 0.521. The van der Waals surface area contributed by atoms with Crippen LogP contribution in [0.2, 0.25) is 0 Å². The molecule has 0 fully saturated rings. The van der Waals surface area contributed by atoms with Crippen molar-refractivity contribution in [3.05, 3.63) is 71.8 Å². The second kappa shape index (κ2) is 8.55. The van der Waals surface area contributed by atoms with Crippen molar-refractivity contribution in [3.8, 4) is 0 Å². The molecule has 0 saturated heterocycles. The van der Waals surface area contributed by atoms with Gasteiger partial charge in [0.25, 0.3) is 0 Å². The maximum absolute atomic E-state index is 5.91. The van der Waals surface area contributed by atoms with Gasteiger partial charge < -0.3 is 5.73 Å². The van der Waals surface area contributed by atoms with E-state index in [4.69, 9.17) is 5.73 Å². The highest BCUT2D eigenvalue weighted by molar-refractivity contribution is 5.19. The molecule has 0 bridgehead atoms. The van der Waals surface area contributed by atoms with Gasteiger partial charge in [-0.1, -0.05) is 73.5 Å². The molecule has 0 aliphatic rings. The number of unbranched alkanes of at least 4 members (excludes halogenated alkanes) is 2. The van der Waals surface area contributed by atoms with E-state index in [1.165, 1.54) is 43.2 Å². The summed E-state index contributed by atoms with van der Waals surface area (Å²) in [5, 5.41) is 0. The maximum Gasteiger partial charge on any atom is -0.000824 e. The van der Waals surface area contributed by atoms with Gasteiger partial charge in [0.05, 0.1) is 0 Å². The van der Waals surface area contributed by atoms with Crippen molar-refractivity contribution in [2.75, 3.05) is 6.54 Å². The van der Waals surface area contributed by atoms with Crippen LogP contribution in [0.4, 0.5) is 0 Å². The molecule has 2 aromatic rings. The number of hydrogen-bond donors (Lipinski definition) is 1. The smallest absolute Gasteiger partial charge is 0.000824 e. The molecule has 1 atom stereocenters. The fraction of sp³-hybridized carbons (Fsp3) is 0.368. The summed E-state index contributed by atoms with van der Waals surface area (Å²) in [6, 6.07) is 21.4. The zero-order chi connectivity index (χ0) is 14.0. The van der Waals surface area contributed by atoms with Crippen molar-refractivity contribution >= 4 is 0 Å². The van der Waals surface area contributed by atoms with E-state index in [1.54, 1.807) is 0 Å². The molecule has 0 spiro atoms. The second-order valence-electron chi connectivity index (χ2n) is 5.43. The highest BCUT2D eigenvalue weighted by Gasteiger charge is 2.08. The van der Waals surface area contributed by atoms with E-state index in [2.05, 4.69) is 60.7 Å². The standard InChI is InChI=1S/C19H25N/c20-16-19(18-13-7-3-8-14-18)15-9-2-6-12-17-10-4-1-5-11-17/h1,3-5,7-8,10-11,13-14,19H,2,6,9,12,15-16,20H2. The first-order valence-corrected chi connectivity index (χ1v) is 7.69. The molecule has 2 N–H and O–H groups in total. The van der Waals surface area contributed by atoms with Gasteiger partial charge in [-0.15, -0.1) is 0 Å². The molecule has 0 amide bonds. The molecule has 0 aliphatic carbocycles. The number of benzene rings is 2. The Morgan fingerprint density at radius 2 is 1.40 bits per heavy atom. The first-order valence-electron chi connectivity index (χ1n) is 7.69. The van der Waals surface area contributed by atoms with E-state index >= 15 is 0 Å². The van der Waals surface area contributed by atoms with Gasteiger partial charge >= 0.3 is 0 Å². The van der Waals surface area contributed by atoms with Gasteiger partial charge in [0.1, 0.15) is 0 Å². The molecule has 0 aromatic heterocycles. The molecule has 0 radical (unpaired) electrons. The zero-order valence-corrected chi connectivity index (χ0v) is 12.2. The lowest BCUT2D eigenvalue weighted by molar-refractivity contribution is 0.562. The lowest BCUT2D eigenvalue weighted by atomic mass is 9.93. The Labute approximate surface area is 122 Å². The lowest BCUT2D eigenvalue weighted by Gasteiger charge is -2.14. The molecular formula is C19H25N. The third-order valence-electron chi connectivity index (χ3n) is 3.92. The van der Waals surface area contributed by atoms with Crippen LogP contribution in [0.3, 0.4) is 0 Å². The van der Waals surface area contributed by atoms with Crippen LogP contribution in [0.5, 0.6) is 0 Å². The Balaban J connectivity index is 1.67. The monoisotopic (exact) mass is 267 g/mol. The molecule has 0 heterocycles. The third-order valence-corrected chi connectivity index (χ3v) is 3.92. The van der Waals surface area contributed by atoms with Crippen LogP contribution in [0.1, 0.15) is 42.7 Å². The van der Waals surface area contributed by atoms with Crippen LogP contribution in [-0.2, 0) is 6.42 Å². The average Bonchev–Trinajstić information content (AvgIpc) is 2.53. The SMILES string of the molecule is NCC(CCCCCc1ccccc1)c1ccccc1. The van der Waals surface area contributed by atoms with Crippen LogP contribution >= 0.6 is 0 Å². The average molecular weight is 267 g/mol. The summed E-state index contributed by atoms with van der Waals surface area (Å²) in [4.78, 5) is 0. The Morgan fingerprint density at radius 1 is 0.750 bits per heavy atom. The maximum atomic E-state index is 5.91. The highest BCUT2D eigenvalue weighted by atomic mass is 14.5. The number of hydrogen-bond acceptors (Lipinski definition) is 1. The Bertz CT molecular complexity index is 464. The molecule has 0 aliphatic heterocycles. The van der Waals surface area contributed by atoms with Gasteiger partial charge in [-0.05, 0) is 42.9 Å². The van der Waals surface area contributed by atoms with E-state index in [0.717, 1.165) is 6.54 Å². The van der Waals surface area contributed by atoms with Crippen LogP contribution in [-0.4, -0.2) is 6.54 Å². The molecule has 20 heavy (non-hydrogen) atoms. The summed E-state index contributed by atoms with van der Waals surface area (Å²) in [5.74, 6) is 0.521. The summed E-state index contributed by atoms with van der Waals surface area (Å²) in [6.45, 7) is 0.753. The van der Waals surface area contributed by atoms with E-state index in [0.29, 0.717) is 5.92 Å². The molecule has 1 nitrogen and oxygen atoms in total. The number of rotatable bonds is 8. The fourth-order valence-corrected chi connectivity index (χ4v) is 2.69. The fourth-order valence-electron chi connectivity index (χ4n) is 2.69. The molecule has 1 unspecified atom stereocenters. The second-order valence-corrected chi connectivity index (χ2v) is 5.43. The molecule has 0 saturated carbocycles. The lowest BCUT2D eigenvalue weighted by Crippen LogP contribution is -2.12. The Kier molecular flexibility index (Phi) is 6.33. The highest BCUT2D eigenvalue weighted by Crippen LogP contribution is 2.21. The van der Waals surface area contributed by atoms with Crippen LogP contribution < -0.4 is 5.73 Å². The van der Waals surface area contributed by atoms with Gasteiger partial charge in [0, 0.05) is 0 Å². The summed E-state index contributed by atoms with van der Waals surface area (Å²) in [6.07, 6.45) is 6.23. The normalized spacial score (nSPS) is 12.2. The van der Waals surface area contributed by atoms with Crippen molar-refractivity contribution in [3.63, 3.8) is 0 Å². The van der Waals surface area contributed by atoms with Crippen molar-refractivity contribution in [2.24, 2.45) is 5.73 Å². The summed E-state index contributed by atoms with van der Waals surface area (Å²) in [7, 11) is 0. The van der Waals surface area contributed by atoms with Gasteiger partial charge in [0.2, 0.25) is 0 Å². The molecule has 2 aromatic carbocycles. The Morgan fingerprint density at radius 3 is 2.05 bits per heavy atom. The Hall–Kier alpha value is -1.60. The first-order chi connectivity index (χ1) is 9.90. The first kappa shape index (κ1) is 14.8. The number of aryl methyl sites for hydroxylation is 1. The molecule has 2 rings (SSSR count). The van der Waals surface area contributed by atoms with Gasteiger partial charge in [-0.3, -0.25) is 0 Å². The van der Waals surface area contributed by atoms with Gasteiger partial charge in [0.15, 0.2) is 0 Å². The van der Waals surface area contributed by atoms with Crippen molar-refractivity contribution in [1.29, 1.82) is 0 Å². The van der Waals surface area contributed by atoms with E-state index in [-0.39, 0.29) is 0 Å². The minimum Gasteiger partial charge on any atom is -0.330 e. The number of nitrogens with two attached hydrogens (primary N) is 1. The zero-order valence-electron chi connectivity index (χ0n) is 12.2. The predicted octanol–water partition coefficient (Wildman–Crippen LogP) is 4.53. The van der Waals surface area contributed by atoms with E-state index < -0.39 is 0 Å². The van der Waals surface area contributed by atoms with Crippen molar-refractivity contribution in [2.45, 2.75) is 38.0 Å². The third kappa shape index (κ3) is 4.82. The molecule has 1 heteroatoms. The quantitative estimate of drug-likeness (QED) is 0.699. The van der Waals surface area contributed by atoms with Crippen LogP contribution in [0, 0.1) is 0 Å². The van der Waals surface area contributed by atoms with Crippen molar-refractivity contribution < 1.29 is 0 Å². The van der Waals surface area contributed by atoms with Crippen molar-refractivity contribution in [1.82, 2.24) is 0 Å². The van der Waals surface area contributed by atoms with Gasteiger partial charge in [-0.25, -0.2) is 0 Å². The molecular weight excluding hydrogens is 242 g/mol. The topological polar surface area (TPSA) is 26.0 Å². The summed E-state index contributed by atoms with van der Waals surface area (Å²) in [5.41, 5.74) is 8.75.